The number of Topliss-reactive ketones (excluding diaryl/α,β-unsaturated/α-hetero) is 1. The van der Waals surface area contributed by atoms with Crippen LogP contribution in [-0.4, -0.2) is 26.8 Å². The Kier molecular flexibility index (Phi) is 5.40. The Labute approximate surface area is 156 Å². The van der Waals surface area contributed by atoms with Gasteiger partial charge in [0.05, 0.1) is 0 Å². The van der Waals surface area contributed by atoms with Crippen molar-refractivity contribution in [2.75, 3.05) is 5.32 Å². The molecule has 0 aliphatic rings. The molecular weight excluding hydrogens is 347 g/mol. The van der Waals surface area contributed by atoms with Crippen molar-refractivity contribution in [1.82, 2.24) is 14.8 Å². The zero-order valence-corrected chi connectivity index (χ0v) is 15.1. The largest absolute Gasteiger partial charge is 0.340 e. The summed E-state index contributed by atoms with van der Waals surface area (Å²) in [6.45, 7) is 3.34. The van der Waals surface area contributed by atoms with Crippen molar-refractivity contribution < 1.29 is 14.0 Å². The number of anilines is 2. The molecule has 0 bridgehead atoms. The van der Waals surface area contributed by atoms with Crippen molar-refractivity contribution in [2.24, 2.45) is 0 Å². The van der Waals surface area contributed by atoms with Crippen LogP contribution in [0, 0.1) is 12.7 Å². The molecule has 138 valence electrons. The Morgan fingerprint density at radius 2 is 2.00 bits per heavy atom. The SMILES string of the molecule is CC(=O)CCc1cc(Nc2ccc(F)cc2)nc(-n2cc(C)c(C=O)n2)c1. The van der Waals surface area contributed by atoms with Crippen LogP contribution < -0.4 is 5.32 Å². The van der Waals surface area contributed by atoms with Gasteiger partial charge in [-0.05, 0) is 67.8 Å². The summed E-state index contributed by atoms with van der Waals surface area (Å²) in [5, 5.41) is 7.37. The molecule has 6 nitrogen and oxygen atoms in total. The van der Waals surface area contributed by atoms with E-state index in [4.69, 9.17) is 0 Å². The van der Waals surface area contributed by atoms with Gasteiger partial charge in [-0.25, -0.2) is 14.1 Å². The molecule has 3 aromatic rings. The Morgan fingerprint density at radius 3 is 2.63 bits per heavy atom. The molecule has 0 atom stereocenters. The van der Waals surface area contributed by atoms with E-state index in [-0.39, 0.29) is 11.6 Å². The van der Waals surface area contributed by atoms with Crippen LogP contribution in [0.1, 0.15) is 35.0 Å². The van der Waals surface area contributed by atoms with Gasteiger partial charge in [-0.1, -0.05) is 0 Å². The number of ketones is 1. The molecule has 0 fully saturated rings. The molecule has 0 aliphatic heterocycles. The van der Waals surface area contributed by atoms with Crippen molar-refractivity contribution >= 4 is 23.6 Å². The molecule has 0 spiro atoms. The second kappa shape index (κ2) is 7.90. The van der Waals surface area contributed by atoms with Gasteiger partial charge in [0.1, 0.15) is 23.1 Å². The highest BCUT2D eigenvalue weighted by atomic mass is 19.1. The monoisotopic (exact) mass is 366 g/mol. The lowest BCUT2D eigenvalue weighted by molar-refractivity contribution is -0.116. The summed E-state index contributed by atoms with van der Waals surface area (Å²) < 4.78 is 14.6. The first-order chi connectivity index (χ1) is 12.9. The second-order valence-electron chi connectivity index (χ2n) is 6.31. The lowest BCUT2D eigenvalue weighted by atomic mass is 10.1. The van der Waals surface area contributed by atoms with E-state index in [1.54, 1.807) is 32.2 Å². The van der Waals surface area contributed by atoms with E-state index in [9.17, 15) is 14.0 Å². The molecule has 1 N–H and O–H groups in total. The van der Waals surface area contributed by atoms with Gasteiger partial charge >= 0.3 is 0 Å². The van der Waals surface area contributed by atoms with Gasteiger partial charge in [0.15, 0.2) is 12.1 Å². The average Bonchev–Trinajstić information content (AvgIpc) is 3.03. The van der Waals surface area contributed by atoms with E-state index in [0.717, 1.165) is 11.1 Å². The van der Waals surface area contributed by atoms with Crippen molar-refractivity contribution in [3.05, 3.63) is 65.2 Å². The molecular formula is C20H19FN4O2. The summed E-state index contributed by atoms with van der Waals surface area (Å²) in [5.41, 5.74) is 2.68. The number of carbonyl (C=O) groups is 2. The highest BCUT2D eigenvalue weighted by molar-refractivity contribution is 5.76. The number of aromatic nitrogens is 3. The van der Waals surface area contributed by atoms with Gasteiger partial charge < -0.3 is 10.1 Å². The Hall–Kier alpha value is -3.35. The minimum absolute atomic E-state index is 0.0968. The van der Waals surface area contributed by atoms with E-state index in [1.807, 2.05) is 12.1 Å². The molecule has 7 heteroatoms. The first kappa shape index (κ1) is 18.4. The maximum absolute atomic E-state index is 13.1. The Bertz CT molecular complexity index is 980. The molecule has 0 saturated heterocycles. The first-order valence-corrected chi connectivity index (χ1v) is 8.49. The number of aryl methyl sites for hydroxylation is 2. The smallest absolute Gasteiger partial charge is 0.170 e. The van der Waals surface area contributed by atoms with Gasteiger partial charge in [0.2, 0.25) is 0 Å². The van der Waals surface area contributed by atoms with Gasteiger partial charge in [-0.15, -0.1) is 0 Å². The fourth-order valence-corrected chi connectivity index (χ4v) is 2.61. The third-order valence-electron chi connectivity index (χ3n) is 4.04. The topological polar surface area (TPSA) is 76.9 Å². The van der Waals surface area contributed by atoms with Gasteiger partial charge in [-0.2, -0.15) is 5.10 Å². The number of pyridine rings is 1. The number of halogens is 1. The Morgan fingerprint density at radius 1 is 1.26 bits per heavy atom. The normalized spacial score (nSPS) is 10.6. The lowest BCUT2D eigenvalue weighted by Crippen LogP contribution is -2.05. The molecule has 0 unspecified atom stereocenters. The second-order valence-corrected chi connectivity index (χ2v) is 6.31. The molecule has 0 radical (unpaired) electrons. The number of carbonyl (C=O) groups excluding carboxylic acids is 2. The Balaban J connectivity index is 1.97. The summed E-state index contributed by atoms with van der Waals surface area (Å²) >= 11 is 0. The first-order valence-electron chi connectivity index (χ1n) is 8.49. The summed E-state index contributed by atoms with van der Waals surface area (Å²) in [7, 11) is 0. The lowest BCUT2D eigenvalue weighted by Gasteiger charge is -2.11. The minimum atomic E-state index is -0.321. The van der Waals surface area contributed by atoms with Gasteiger partial charge in [-0.3, -0.25) is 4.79 Å². The van der Waals surface area contributed by atoms with Crippen LogP contribution in [0.15, 0.2) is 42.6 Å². The highest BCUT2D eigenvalue weighted by Gasteiger charge is 2.10. The minimum Gasteiger partial charge on any atom is -0.340 e. The van der Waals surface area contributed by atoms with E-state index < -0.39 is 0 Å². The van der Waals surface area contributed by atoms with Crippen molar-refractivity contribution in [2.45, 2.75) is 26.7 Å². The van der Waals surface area contributed by atoms with Crippen LogP contribution in [0.4, 0.5) is 15.9 Å². The summed E-state index contributed by atoms with van der Waals surface area (Å²) in [4.78, 5) is 27.0. The summed E-state index contributed by atoms with van der Waals surface area (Å²) in [5.74, 6) is 0.840. The number of hydrogen-bond acceptors (Lipinski definition) is 5. The van der Waals surface area contributed by atoms with Crippen molar-refractivity contribution in [3.63, 3.8) is 0 Å². The van der Waals surface area contributed by atoms with Crippen molar-refractivity contribution in [3.8, 4) is 5.82 Å². The van der Waals surface area contributed by atoms with E-state index >= 15 is 0 Å². The summed E-state index contributed by atoms with van der Waals surface area (Å²) in [6.07, 6.45) is 3.40. The fourth-order valence-electron chi connectivity index (χ4n) is 2.61. The molecule has 0 aliphatic carbocycles. The van der Waals surface area contributed by atoms with Crippen LogP contribution in [0.5, 0.6) is 0 Å². The number of benzene rings is 1. The average molecular weight is 366 g/mol. The maximum atomic E-state index is 13.1. The molecule has 1 aromatic carbocycles. The number of rotatable bonds is 7. The predicted octanol–water partition coefficient (Wildman–Crippen LogP) is 3.79. The molecule has 27 heavy (non-hydrogen) atoms. The number of nitrogens with one attached hydrogen (secondary N) is 1. The van der Waals surface area contributed by atoms with Crippen LogP contribution in [0.25, 0.3) is 5.82 Å². The molecule has 3 rings (SSSR count). The van der Waals surface area contributed by atoms with Crippen LogP contribution in [0.2, 0.25) is 0 Å². The van der Waals surface area contributed by atoms with E-state index in [1.165, 1.54) is 16.8 Å². The predicted molar refractivity (Wildman–Crippen MR) is 100 cm³/mol. The zero-order valence-electron chi connectivity index (χ0n) is 15.1. The number of aldehydes is 1. The molecule has 0 amide bonds. The van der Waals surface area contributed by atoms with E-state index in [0.29, 0.717) is 42.1 Å². The maximum Gasteiger partial charge on any atom is 0.170 e. The standard InChI is InChI=1S/C20H19FN4O2/c1-13-11-25(24-18(13)12-26)20-10-15(4-3-14(2)27)9-19(23-20)22-17-7-5-16(21)6-8-17/h5-12H,3-4H2,1-2H3,(H,22,23). The number of hydrogen-bond donors (Lipinski definition) is 1. The summed E-state index contributed by atoms with van der Waals surface area (Å²) in [6, 6.07) is 9.61. The van der Waals surface area contributed by atoms with Gasteiger partial charge in [0, 0.05) is 18.3 Å². The van der Waals surface area contributed by atoms with Gasteiger partial charge in [0.25, 0.3) is 0 Å². The highest BCUT2D eigenvalue weighted by Crippen LogP contribution is 2.20. The third kappa shape index (κ3) is 4.63. The molecule has 2 aromatic heterocycles. The number of nitrogens with zero attached hydrogens (tertiary/aromatic N) is 3. The molecule has 2 heterocycles. The van der Waals surface area contributed by atoms with Crippen molar-refractivity contribution in [1.29, 1.82) is 0 Å². The zero-order chi connectivity index (χ0) is 19.4. The van der Waals surface area contributed by atoms with Crippen LogP contribution in [0.3, 0.4) is 0 Å². The van der Waals surface area contributed by atoms with Crippen LogP contribution >= 0.6 is 0 Å². The third-order valence-corrected chi connectivity index (χ3v) is 4.04. The van der Waals surface area contributed by atoms with Crippen LogP contribution in [-0.2, 0) is 11.2 Å². The van der Waals surface area contributed by atoms with E-state index in [2.05, 4.69) is 15.4 Å². The quantitative estimate of drug-likeness (QED) is 0.644. The fraction of sp³-hybridized carbons (Fsp3) is 0.200. The molecule has 0 saturated carbocycles.